The fraction of sp³-hybridized carbons (Fsp3) is 0.300. The number of carbonyl (C=O) groups is 1. The van der Waals surface area contributed by atoms with Gasteiger partial charge < -0.3 is 14.5 Å². The number of halogens is 1. The monoisotopic (exact) mass is 369 g/mol. The topological polar surface area (TPSA) is 69.3 Å². The van der Waals surface area contributed by atoms with Gasteiger partial charge in [0.2, 0.25) is 0 Å². The van der Waals surface area contributed by atoms with Gasteiger partial charge in [-0.25, -0.2) is 9.07 Å². The van der Waals surface area contributed by atoms with Crippen LogP contribution < -0.4 is 10.1 Å². The molecule has 0 unspecified atom stereocenters. The molecule has 1 N–H and O–H groups in total. The lowest BCUT2D eigenvalue weighted by Gasteiger charge is -2.14. The summed E-state index contributed by atoms with van der Waals surface area (Å²) in [4.78, 5) is 12.5. The summed E-state index contributed by atoms with van der Waals surface area (Å²) in [5.41, 5.74) is 0. The van der Waals surface area contributed by atoms with Crippen molar-refractivity contribution in [2.75, 3.05) is 5.32 Å². The molecule has 1 aromatic carbocycles. The van der Waals surface area contributed by atoms with Crippen LogP contribution in [-0.4, -0.2) is 15.7 Å². The third-order valence-electron chi connectivity index (χ3n) is 4.66. The minimum Gasteiger partial charge on any atom is -0.486 e. The summed E-state index contributed by atoms with van der Waals surface area (Å²) in [5, 5.41) is 7.21. The molecule has 0 atom stereocenters. The molecule has 0 saturated heterocycles. The van der Waals surface area contributed by atoms with Gasteiger partial charge in [-0.2, -0.15) is 5.10 Å². The number of rotatable bonds is 6. The van der Waals surface area contributed by atoms with Crippen LogP contribution in [0.25, 0.3) is 0 Å². The highest BCUT2D eigenvalue weighted by Gasteiger charge is 2.21. The molecule has 140 valence electrons. The third kappa shape index (κ3) is 4.02. The molecule has 0 spiro atoms. The maximum absolute atomic E-state index is 12.9. The smallest absolute Gasteiger partial charge is 0.292 e. The van der Waals surface area contributed by atoms with Crippen molar-refractivity contribution in [3.63, 3.8) is 0 Å². The average Bonchev–Trinajstić information content (AvgIpc) is 3.42. The first kappa shape index (κ1) is 17.3. The Morgan fingerprint density at radius 2 is 1.96 bits per heavy atom. The first-order valence-electron chi connectivity index (χ1n) is 9.01. The number of furan rings is 1. The number of ether oxygens (including phenoxy) is 1. The number of amides is 1. The van der Waals surface area contributed by atoms with E-state index in [1.165, 1.54) is 37.1 Å². The van der Waals surface area contributed by atoms with Crippen molar-refractivity contribution >= 4 is 11.7 Å². The van der Waals surface area contributed by atoms with Crippen molar-refractivity contribution in [1.82, 2.24) is 9.78 Å². The highest BCUT2D eigenvalue weighted by atomic mass is 19.1. The van der Waals surface area contributed by atoms with Gasteiger partial charge in [0.25, 0.3) is 5.91 Å². The van der Waals surface area contributed by atoms with Gasteiger partial charge in [-0.1, -0.05) is 12.8 Å². The van der Waals surface area contributed by atoms with E-state index in [0.717, 1.165) is 12.8 Å². The number of nitrogens with one attached hydrogen (secondary N) is 1. The Balaban J connectivity index is 1.37. The van der Waals surface area contributed by atoms with Gasteiger partial charge in [0.1, 0.15) is 29.8 Å². The number of hydrogen-bond acceptors (Lipinski definition) is 4. The number of hydrogen-bond donors (Lipinski definition) is 1. The van der Waals surface area contributed by atoms with Gasteiger partial charge in [-0.05, 0) is 49.2 Å². The summed E-state index contributed by atoms with van der Waals surface area (Å²) in [5.74, 6) is 1.26. The molecule has 1 saturated carbocycles. The van der Waals surface area contributed by atoms with Gasteiger partial charge in [-0.15, -0.1) is 0 Å². The van der Waals surface area contributed by atoms with E-state index in [4.69, 9.17) is 9.15 Å². The Labute approximate surface area is 155 Å². The van der Waals surface area contributed by atoms with E-state index in [-0.39, 0.29) is 24.1 Å². The van der Waals surface area contributed by atoms with Crippen molar-refractivity contribution < 1.29 is 18.3 Å². The van der Waals surface area contributed by atoms with E-state index in [9.17, 15) is 9.18 Å². The van der Waals surface area contributed by atoms with Crippen LogP contribution in [-0.2, 0) is 6.61 Å². The molecule has 1 amide bonds. The molecule has 0 bridgehead atoms. The van der Waals surface area contributed by atoms with E-state index in [0.29, 0.717) is 23.4 Å². The molecule has 3 aromatic rings. The fourth-order valence-electron chi connectivity index (χ4n) is 3.29. The van der Waals surface area contributed by atoms with Crippen LogP contribution in [0.15, 0.2) is 53.1 Å². The summed E-state index contributed by atoms with van der Waals surface area (Å²) in [6.45, 7) is 0.152. The van der Waals surface area contributed by atoms with Gasteiger partial charge in [0.15, 0.2) is 5.76 Å². The SMILES string of the molecule is O=C(Nc1ccnn1C1CCCC1)c1ccc(COc2ccc(F)cc2)o1. The van der Waals surface area contributed by atoms with Crippen LogP contribution in [0.4, 0.5) is 10.2 Å². The summed E-state index contributed by atoms with van der Waals surface area (Å²) < 4.78 is 25.9. The van der Waals surface area contributed by atoms with Crippen molar-refractivity contribution in [3.8, 4) is 5.75 Å². The number of benzene rings is 1. The van der Waals surface area contributed by atoms with Crippen LogP contribution in [0.5, 0.6) is 5.75 Å². The molecule has 1 aliphatic carbocycles. The van der Waals surface area contributed by atoms with Crippen LogP contribution in [0.3, 0.4) is 0 Å². The van der Waals surface area contributed by atoms with E-state index in [1.54, 1.807) is 24.4 Å². The lowest BCUT2D eigenvalue weighted by atomic mass is 10.2. The molecule has 6 nitrogen and oxygen atoms in total. The predicted molar refractivity (Wildman–Crippen MR) is 97.1 cm³/mol. The molecular formula is C20H20FN3O3. The Morgan fingerprint density at radius 3 is 2.74 bits per heavy atom. The van der Waals surface area contributed by atoms with Crippen LogP contribution in [0, 0.1) is 5.82 Å². The minimum absolute atomic E-state index is 0.152. The molecule has 0 radical (unpaired) electrons. The first-order chi connectivity index (χ1) is 13.2. The maximum Gasteiger partial charge on any atom is 0.292 e. The van der Waals surface area contributed by atoms with Crippen molar-refractivity contribution in [2.24, 2.45) is 0 Å². The van der Waals surface area contributed by atoms with Crippen LogP contribution >= 0.6 is 0 Å². The summed E-state index contributed by atoms with van der Waals surface area (Å²) in [6, 6.07) is 11.1. The van der Waals surface area contributed by atoms with Crippen molar-refractivity contribution in [2.45, 2.75) is 38.3 Å². The molecule has 2 aromatic heterocycles. The number of anilines is 1. The molecule has 27 heavy (non-hydrogen) atoms. The molecule has 0 aliphatic heterocycles. The van der Waals surface area contributed by atoms with E-state index in [1.807, 2.05) is 4.68 Å². The van der Waals surface area contributed by atoms with Gasteiger partial charge >= 0.3 is 0 Å². The second-order valence-electron chi connectivity index (χ2n) is 6.56. The standard InChI is InChI=1S/C20H20FN3O3/c21-14-5-7-16(8-6-14)26-13-17-9-10-18(27-17)20(25)23-19-11-12-22-24(19)15-3-1-2-4-15/h5-12,15H,1-4,13H2,(H,23,25). The number of aromatic nitrogens is 2. The zero-order chi connectivity index (χ0) is 18.6. The molecule has 2 heterocycles. The largest absolute Gasteiger partial charge is 0.486 e. The van der Waals surface area contributed by atoms with Crippen LogP contribution in [0.2, 0.25) is 0 Å². The maximum atomic E-state index is 12.9. The number of carbonyl (C=O) groups excluding carboxylic acids is 1. The third-order valence-corrected chi connectivity index (χ3v) is 4.66. The Kier molecular flexibility index (Phi) is 4.91. The molecule has 7 heteroatoms. The number of nitrogens with zero attached hydrogens (tertiary/aromatic N) is 2. The molecule has 1 fully saturated rings. The minimum atomic E-state index is -0.331. The van der Waals surface area contributed by atoms with Gasteiger partial charge in [0.05, 0.1) is 12.2 Å². The average molecular weight is 369 g/mol. The summed E-state index contributed by atoms with van der Waals surface area (Å²) in [6.07, 6.45) is 6.23. The molecule has 1 aliphatic rings. The zero-order valence-corrected chi connectivity index (χ0v) is 14.7. The molecule has 4 rings (SSSR count). The van der Waals surface area contributed by atoms with Gasteiger partial charge in [-0.3, -0.25) is 4.79 Å². The van der Waals surface area contributed by atoms with E-state index >= 15 is 0 Å². The summed E-state index contributed by atoms with van der Waals surface area (Å²) >= 11 is 0. The summed E-state index contributed by atoms with van der Waals surface area (Å²) in [7, 11) is 0. The second-order valence-corrected chi connectivity index (χ2v) is 6.56. The Hall–Kier alpha value is -3.09. The highest BCUT2D eigenvalue weighted by molar-refractivity contribution is 6.01. The van der Waals surface area contributed by atoms with Gasteiger partial charge in [0, 0.05) is 6.07 Å². The van der Waals surface area contributed by atoms with E-state index in [2.05, 4.69) is 10.4 Å². The Morgan fingerprint density at radius 1 is 1.19 bits per heavy atom. The second kappa shape index (κ2) is 7.65. The quantitative estimate of drug-likeness (QED) is 0.691. The Bertz CT molecular complexity index is 911. The zero-order valence-electron chi connectivity index (χ0n) is 14.7. The van der Waals surface area contributed by atoms with Crippen molar-refractivity contribution in [3.05, 3.63) is 66.0 Å². The van der Waals surface area contributed by atoms with Crippen molar-refractivity contribution in [1.29, 1.82) is 0 Å². The lowest BCUT2D eigenvalue weighted by molar-refractivity contribution is 0.0991. The fourth-order valence-corrected chi connectivity index (χ4v) is 3.29. The molecular weight excluding hydrogens is 349 g/mol. The highest BCUT2D eigenvalue weighted by Crippen LogP contribution is 2.31. The lowest BCUT2D eigenvalue weighted by Crippen LogP contribution is -2.17. The normalized spacial score (nSPS) is 14.4. The van der Waals surface area contributed by atoms with E-state index < -0.39 is 0 Å². The first-order valence-corrected chi connectivity index (χ1v) is 9.01. The predicted octanol–water partition coefficient (Wildman–Crippen LogP) is 4.56. The van der Waals surface area contributed by atoms with Crippen LogP contribution in [0.1, 0.15) is 48.0 Å².